The second-order valence-electron chi connectivity index (χ2n) is 8.99. The van der Waals surface area contributed by atoms with Crippen molar-refractivity contribution in [3.8, 4) is 0 Å². The van der Waals surface area contributed by atoms with Crippen molar-refractivity contribution >= 4 is 78.5 Å². The molecule has 6 rings (SSSR count). The summed E-state index contributed by atoms with van der Waals surface area (Å²) in [5, 5.41) is 12.8. The third kappa shape index (κ3) is 4.53. The Morgan fingerprint density at radius 2 is 1.64 bits per heavy atom. The predicted octanol–water partition coefficient (Wildman–Crippen LogP) is 8.06. The van der Waals surface area contributed by atoms with Gasteiger partial charge in [-0.25, -0.2) is 5.01 Å². The summed E-state index contributed by atoms with van der Waals surface area (Å²) in [4.78, 5) is 0.622. The van der Waals surface area contributed by atoms with Crippen LogP contribution in [0.3, 0.4) is 0 Å². The maximum Gasteiger partial charge on any atom is 0.137 e. The molecule has 2 aliphatic rings. The molecule has 0 spiro atoms. The third-order valence-corrected chi connectivity index (χ3v) is 8.04. The van der Waals surface area contributed by atoms with Crippen LogP contribution in [-0.2, 0) is 13.1 Å². The number of hydrazone groups is 1. The van der Waals surface area contributed by atoms with Gasteiger partial charge in [-0.3, -0.25) is 5.01 Å². The molecular weight excluding hydrogens is 575 g/mol. The van der Waals surface area contributed by atoms with Gasteiger partial charge in [0.25, 0.3) is 0 Å². The van der Waals surface area contributed by atoms with Crippen molar-refractivity contribution in [3.63, 3.8) is 0 Å². The molecule has 0 aromatic heterocycles. The fourth-order valence-electron chi connectivity index (χ4n) is 5.00. The van der Waals surface area contributed by atoms with Gasteiger partial charge in [0.2, 0.25) is 0 Å². The highest BCUT2D eigenvalue weighted by atomic mass is 79.9. The van der Waals surface area contributed by atoms with Crippen LogP contribution >= 0.6 is 51.3 Å². The topological polar surface area (TPSA) is 30.9 Å². The van der Waals surface area contributed by atoms with E-state index in [1.54, 1.807) is 6.07 Å². The minimum atomic E-state index is -0.0395. The molecule has 4 aromatic rings. The average molecular weight is 596 g/mol. The Balaban J connectivity index is 1.28. The van der Waals surface area contributed by atoms with Crippen LogP contribution in [0.2, 0.25) is 10.0 Å². The molecule has 4 nitrogen and oxygen atoms in total. The number of hydrogen-bond acceptors (Lipinski definition) is 4. The van der Waals surface area contributed by atoms with Gasteiger partial charge in [-0.05, 0) is 57.8 Å². The van der Waals surface area contributed by atoms with E-state index in [1.165, 1.54) is 21.9 Å². The predicted molar refractivity (Wildman–Crippen MR) is 157 cm³/mol. The zero-order valence-corrected chi connectivity index (χ0v) is 23.0. The summed E-state index contributed by atoms with van der Waals surface area (Å²) in [5.74, 6) is 0. The maximum absolute atomic E-state index is 6.60. The quantitative estimate of drug-likeness (QED) is 0.242. The first-order valence-corrected chi connectivity index (χ1v) is 13.5. The van der Waals surface area contributed by atoms with Gasteiger partial charge in [0.15, 0.2) is 0 Å². The van der Waals surface area contributed by atoms with Gasteiger partial charge >= 0.3 is 0 Å². The number of rotatable bonds is 4. The summed E-state index contributed by atoms with van der Waals surface area (Å²) >= 11 is 22.2. The van der Waals surface area contributed by atoms with Crippen LogP contribution in [0.5, 0.6) is 0 Å². The molecule has 0 radical (unpaired) electrons. The zero-order valence-electron chi connectivity index (χ0n) is 19.1. The smallest absolute Gasteiger partial charge is 0.137 e. The normalized spacial score (nSPS) is 17.4. The Morgan fingerprint density at radius 3 is 2.31 bits per heavy atom. The minimum absolute atomic E-state index is 0.0395. The highest BCUT2D eigenvalue weighted by Gasteiger charge is 2.33. The first-order chi connectivity index (χ1) is 17.5. The summed E-state index contributed by atoms with van der Waals surface area (Å²) in [5.41, 5.74) is 8.80. The van der Waals surface area contributed by atoms with E-state index in [4.69, 9.17) is 40.5 Å². The van der Waals surface area contributed by atoms with E-state index in [9.17, 15) is 0 Å². The maximum atomic E-state index is 6.60. The molecule has 180 valence electrons. The van der Waals surface area contributed by atoms with Gasteiger partial charge in [-0.1, -0.05) is 99.9 Å². The van der Waals surface area contributed by atoms with Crippen LogP contribution in [0.4, 0.5) is 5.69 Å². The highest BCUT2D eigenvalue weighted by molar-refractivity contribution is 9.10. The van der Waals surface area contributed by atoms with Crippen molar-refractivity contribution in [2.75, 3.05) is 5.01 Å². The Kier molecular flexibility index (Phi) is 6.48. The van der Waals surface area contributed by atoms with E-state index in [1.807, 2.05) is 29.3 Å². The summed E-state index contributed by atoms with van der Waals surface area (Å²) in [6.45, 7) is 1.54. The van der Waals surface area contributed by atoms with Gasteiger partial charge in [0, 0.05) is 29.0 Å². The molecule has 0 amide bonds. The molecule has 1 unspecified atom stereocenters. The van der Waals surface area contributed by atoms with Crippen LogP contribution in [-0.4, -0.2) is 15.7 Å². The summed E-state index contributed by atoms with van der Waals surface area (Å²) in [6, 6.07) is 26.6. The fourth-order valence-corrected chi connectivity index (χ4v) is 6.01. The second-order valence-corrected chi connectivity index (χ2v) is 11.2. The average Bonchev–Trinajstić information content (AvgIpc) is 3.30. The van der Waals surface area contributed by atoms with Crippen LogP contribution in [0.1, 0.15) is 29.2 Å². The Labute approximate surface area is 233 Å². The number of hydrazine groups is 1. The van der Waals surface area contributed by atoms with Gasteiger partial charge in [-0.15, -0.1) is 0 Å². The highest BCUT2D eigenvalue weighted by Crippen LogP contribution is 2.40. The lowest BCUT2D eigenvalue weighted by molar-refractivity contribution is 0.215. The van der Waals surface area contributed by atoms with Crippen molar-refractivity contribution in [1.29, 1.82) is 0 Å². The summed E-state index contributed by atoms with van der Waals surface area (Å²) in [6.07, 6.45) is 0.659. The van der Waals surface area contributed by atoms with Crippen molar-refractivity contribution in [1.82, 2.24) is 10.4 Å². The number of nitrogens with zero attached hydrogens (tertiary/aromatic N) is 3. The first kappa shape index (κ1) is 23.9. The molecular formula is C28H21BrCl2N4S. The van der Waals surface area contributed by atoms with Gasteiger partial charge in [0.1, 0.15) is 4.99 Å². The monoisotopic (exact) mass is 594 g/mol. The van der Waals surface area contributed by atoms with Crippen molar-refractivity contribution in [3.05, 3.63) is 110 Å². The second kappa shape index (κ2) is 9.77. The molecule has 0 saturated carbocycles. The molecule has 36 heavy (non-hydrogen) atoms. The minimum Gasteiger partial charge on any atom is -0.307 e. The van der Waals surface area contributed by atoms with Crippen molar-refractivity contribution < 1.29 is 0 Å². The number of halogens is 3. The zero-order chi connectivity index (χ0) is 24.8. The Hall–Kier alpha value is -2.48. The SMILES string of the molecule is S=C(NN1Cc2cccc3cccc(c23)C1)C1=NN(c2ccc(Cl)cc2Cl)C(c2ccc(Br)cc2)C1. The fraction of sp³-hybridized carbons (Fsp3) is 0.143. The lowest BCUT2D eigenvalue weighted by atomic mass is 9.96. The van der Waals surface area contributed by atoms with Gasteiger partial charge < -0.3 is 5.43 Å². The molecule has 2 aliphatic heterocycles. The van der Waals surface area contributed by atoms with E-state index in [0.717, 1.165) is 34.5 Å². The van der Waals surface area contributed by atoms with E-state index >= 15 is 0 Å². The molecule has 0 fully saturated rings. The number of benzene rings is 4. The lowest BCUT2D eigenvalue weighted by Gasteiger charge is -2.30. The number of thiocarbonyl (C=S) groups is 1. The van der Waals surface area contributed by atoms with E-state index in [-0.39, 0.29) is 6.04 Å². The van der Waals surface area contributed by atoms with E-state index in [0.29, 0.717) is 21.5 Å². The lowest BCUT2D eigenvalue weighted by Crippen LogP contribution is -2.44. The van der Waals surface area contributed by atoms with Crippen LogP contribution < -0.4 is 10.4 Å². The van der Waals surface area contributed by atoms with E-state index < -0.39 is 0 Å². The van der Waals surface area contributed by atoms with Crippen LogP contribution in [0.25, 0.3) is 10.8 Å². The molecule has 8 heteroatoms. The molecule has 1 N–H and O–H groups in total. The molecule has 0 aliphatic carbocycles. The van der Waals surface area contributed by atoms with Crippen LogP contribution in [0, 0.1) is 0 Å². The molecule has 2 heterocycles. The van der Waals surface area contributed by atoms with E-state index in [2.05, 4.69) is 74.9 Å². The van der Waals surface area contributed by atoms with Crippen LogP contribution in [0.15, 0.2) is 88.4 Å². The number of anilines is 1. The van der Waals surface area contributed by atoms with Gasteiger partial charge in [-0.2, -0.15) is 5.10 Å². The van der Waals surface area contributed by atoms with Crippen molar-refractivity contribution in [2.24, 2.45) is 5.10 Å². The first-order valence-electron chi connectivity index (χ1n) is 11.6. The number of nitrogens with one attached hydrogen (secondary N) is 1. The molecule has 0 saturated heterocycles. The van der Waals surface area contributed by atoms with Crippen molar-refractivity contribution in [2.45, 2.75) is 25.6 Å². The number of hydrogen-bond donors (Lipinski definition) is 1. The Bertz CT molecular complexity index is 1480. The standard InChI is InChI=1S/C28H21BrCl2N4S/c29-21-9-7-17(8-10-21)26-14-24(32-35(26)25-12-11-22(30)13-23(25)31)28(36)33-34-15-19-5-1-3-18-4-2-6-20(16-34)27(18)19/h1-13,26H,14-16H2,(H,33,36). The summed E-state index contributed by atoms with van der Waals surface area (Å²) in [7, 11) is 0. The molecule has 0 bridgehead atoms. The third-order valence-electron chi connectivity index (χ3n) is 6.64. The molecule has 4 aromatic carbocycles. The largest absolute Gasteiger partial charge is 0.307 e. The Morgan fingerprint density at radius 1 is 0.944 bits per heavy atom. The molecule has 1 atom stereocenters. The van der Waals surface area contributed by atoms with Gasteiger partial charge in [0.05, 0.1) is 22.5 Å². The summed E-state index contributed by atoms with van der Waals surface area (Å²) < 4.78 is 1.03.